The van der Waals surface area contributed by atoms with Crippen LogP contribution in [0.25, 0.3) is 10.2 Å². The molecule has 1 aliphatic rings. The number of aryl methyl sites for hydroxylation is 1. The molecule has 1 fully saturated rings. The molecule has 3 aromatic rings. The summed E-state index contributed by atoms with van der Waals surface area (Å²) in [5.74, 6) is -0.479. The van der Waals surface area contributed by atoms with Gasteiger partial charge >= 0.3 is 0 Å². The van der Waals surface area contributed by atoms with E-state index in [9.17, 15) is 9.18 Å². The van der Waals surface area contributed by atoms with Crippen molar-refractivity contribution in [3.8, 4) is 0 Å². The van der Waals surface area contributed by atoms with E-state index < -0.39 is 0 Å². The largest absolute Gasteiger partial charge is 0.376 e. The van der Waals surface area contributed by atoms with Gasteiger partial charge in [-0.15, -0.1) is 0 Å². The number of amides is 1. The number of ether oxygens (including phenoxy) is 1. The highest BCUT2D eigenvalue weighted by Gasteiger charge is 2.28. The fourth-order valence-electron chi connectivity index (χ4n) is 3.15. The fraction of sp³-hybridized carbons (Fsp3) is 0.389. The van der Waals surface area contributed by atoms with E-state index in [1.807, 2.05) is 6.92 Å². The first kappa shape index (κ1) is 17.1. The molecule has 0 bridgehead atoms. The maximum absolute atomic E-state index is 13.5. The van der Waals surface area contributed by atoms with Crippen LogP contribution in [0.15, 0.2) is 30.5 Å². The lowest BCUT2D eigenvalue weighted by atomic mass is 10.2. The van der Waals surface area contributed by atoms with Gasteiger partial charge < -0.3 is 4.74 Å². The number of nitrogens with zero attached hydrogens (tertiary/aromatic N) is 4. The van der Waals surface area contributed by atoms with E-state index in [0.717, 1.165) is 12.8 Å². The van der Waals surface area contributed by atoms with Crippen molar-refractivity contribution in [2.24, 2.45) is 0 Å². The zero-order chi connectivity index (χ0) is 18.1. The minimum absolute atomic E-state index is 0.0132. The van der Waals surface area contributed by atoms with E-state index in [4.69, 9.17) is 4.74 Å². The Morgan fingerprint density at radius 3 is 3.12 bits per heavy atom. The lowest BCUT2D eigenvalue weighted by Crippen LogP contribution is -2.38. The molecule has 136 valence electrons. The summed E-state index contributed by atoms with van der Waals surface area (Å²) >= 11 is 1.31. The zero-order valence-electron chi connectivity index (χ0n) is 14.4. The van der Waals surface area contributed by atoms with Crippen LogP contribution in [0.5, 0.6) is 0 Å². The van der Waals surface area contributed by atoms with E-state index in [-0.39, 0.29) is 17.8 Å². The second-order valence-electron chi connectivity index (χ2n) is 6.19. The van der Waals surface area contributed by atoms with E-state index in [2.05, 4.69) is 10.1 Å². The number of aromatic nitrogens is 3. The average molecular weight is 374 g/mol. The second-order valence-corrected chi connectivity index (χ2v) is 7.20. The van der Waals surface area contributed by atoms with Gasteiger partial charge in [0.15, 0.2) is 5.13 Å². The number of hydrogen-bond acceptors (Lipinski definition) is 5. The molecular formula is C18H19FN4O2S. The molecule has 2 aromatic heterocycles. The minimum Gasteiger partial charge on any atom is -0.376 e. The number of anilines is 1. The number of thiazole rings is 1. The third-order valence-electron chi connectivity index (χ3n) is 4.46. The zero-order valence-corrected chi connectivity index (χ0v) is 15.2. The molecule has 1 unspecified atom stereocenters. The highest BCUT2D eigenvalue weighted by molar-refractivity contribution is 7.22. The molecule has 0 spiro atoms. The molecule has 3 heterocycles. The van der Waals surface area contributed by atoms with Crippen molar-refractivity contribution in [1.82, 2.24) is 14.8 Å². The molecule has 1 atom stereocenters. The lowest BCUT2D eigenvalue weighted by Gasteiger charge is -2.23. The molecule has 0 aliphatic carbocycles. The topological polar surface area (TPSA) is 60.2 Å². The Hall–Kier alpha value is -2.32. The highest BCUT2D eigenvalue weighted by Crippen LogP contribution is 2.31. The van der Waals surface area contributed by atoms with Crippen LogP contribution in [0.2, 0.25) is 0 Å². The van der Waals surface area contributed by atoms with Crippen LogP contribution in [0.1, 0.15) is 30.3 Å². The number of fused-ring (bicyclic) bond motifs is 1. The fourth-order valence-corrected chi connectivity index (χ4v) is 4.14. The Kier molecular flexibility index (Phi) is 4.69. The smallest absolute Gasteiger partial charge is 0.278 e. The molecule has 0 saturated carbocycles. The van der Waals surface area contributed by atoms with Gasteiger partial charge in [0.05, 0.1) is 22.9 Å². The molecule has 1 aliphatic heterocycles. The number of halogens is 1. The van der Waals surface area contributed by atoms with Crippen molar-refractivity contribution in [2.75, 3.05) is 18.1 Å². The molecule has 4 rings (SSSR count). The number of benzene rings is 1. The summed E-state index contributed by atoms with van der Waals surface area (Å²) in [6.45, 7) is 3.68. The Morgan fingerprint density at radius 1 is 1.46 bits per heavy atom. The quantitative estimate of drug-likeness (QED) is 0.686. The van der Waals surface area contributed by atoms with Gasteiger partial charge in [0.2, 0.25) is 0 Å². The molecule has 0 N–H and O–H groups in total. The van der Waals surface area contributed by atoms with Gasteiger partial charge in [0, 0.05) is 19.3 Å². The van der Waals surface area contributed by atoms with E-state index in [0.29, 0.717) is 40.7 Å². The minimum atomic E-state index is -0.311. The number of hydrogen-bond donors (Lipinski definition) is 0. The van der Waals surface area contributed by atoms with Gasteiger partial charge in [-0.05, 0) is 44.0 Å². The number of carbonyl (C=O) groups is 1. The summed E-state index contributed by atoms with van der Waals surface area (Å²) in [4.78, 5) is 19.4. The molecule has 1 saturated heterocycles. The molecule has 26 heavy (non-hydrogen) atoms. The first-order valence-electron chi connectivity index (χ1n) is 8.67. The van der Waals surface area contributed by atoms with Crippen LogP contribution in [-0.4, -0.2) is 39.9 Å². The highest BCUT2D eigenvalue weighted by atomic mass is 32.1. The van der Waals surface area contributed by atoms with Crippen LogP contribution in [0.3, 0.4) is 0 Å². The van der Waals surface area contributed by atoms with Crippen molar-refractivity contribution in [3.63, 3.8) is 0 Å². The van der Waals surface area contributed by atoms with Gasteiger partial charge in [-0.1, -0.05) is 11.3 Å². The van der Waals surface area contributed by atoms with Gasteiger partial charge in [-0.2, -0.15) is 5.10 Å². The third-order valence-corrected chi connectivity index (χ3v) is 5.50. The summed E-state index contributed by atoms with van der Waals surface area (Å²) in [5, 5.41) is 4.74. The van der Waals surface area contributed by atoms with Gasteiger partial charge in [-0.25, -0.2) is 9.37 Å². The van der Waals surface area contributed by atoms with Crippen LogP contribution in [0, 0.1) is 5.82 Å². The summed E-state index contributed by atoms with van der Waals surface area (Å²) in [6, 6.07) is 6.17. The standard InChI is InChI=1S/C18H19FN4O2S/c1-2-23-15(7-8-20-23)17(24)22(11-13-4-3-9-25-13)18-21-14-6-5-12(19)10-16(14)26-18/h5-8,10,13H,2-4,9,11H2,1H3. The molecule has 6 nitrogen and oxygen atoms in total. The molecule has 1 amide bonds. The van der Waals surface area contributed by atoms with Crippen LogP contribution in [0.4, 0.5) is 9.52 Å². The SMILES string of the molecule is CCn1nccc1C(=O)N(CC1CCCO1)c1nc2ccc(F)cc2s1. The first-order chi connectivity index (χ1) is 12.7. The summed E-state index contributed by atoms with van der Waals surface area (Å²) in [5.41, 5.74) is 1.19. The Morgan fingerprint density at radius 2 is 2.35 bits per heavy atom. The lowest BCUT2D eigenvalue weighted by molar-refractivity contribution is 0.0908. The first-order valence-corrected chi connectivity index (χ1v) is 9.48. The Bertz CT molecular complexity index is 932. The van der Waals surface area contributed by atoms with E-state index >= 15 is 0 Å². The molecule has 0 radical (unpaired) electrons. The summed E-state index contributed by atoms with van der Waals surface area (Å²) in [7, 11) is 0. The van der Waals surface area contributed by atoms with Gasteiger partial charge in [-0.3, -0.25) is 14.4 Å². The van der Waals surface area contributed by atoms with Gasteiger partial charge in [0.25, 0.3) is 5.91 Å². The normalized spacial score (nSPS) is 17.1. The summed E-state index contributed by atoms with van der Waals surface area (Å²) < 4.78 is 21.6. The molecule has 1 aromatic carbocycles. The predicted molar refractivity (Wildman–Crippen MR) is 98.1 cm³/mol. The van der Waals surface area contributed by atoms with Crippen LogP contribution < -0.4 is 4.90 Å². The predicted octanol–water partition coefficient (Wildman–Crippen LogP) is 3.48. The molecular weight excluding hydrogens is 355 g/mol. The van der Waals surface area contributed by atoms with E-state index in [1.54, 1.807) is 27.9 Å². The van der Waals surface area contributed by atoms with Gasteiger partial charge in [0.1, 0.15) is 11.5 Å². The van der Waals surface area contributed by atoms with Crippen LogP contribution >= 0.6 is 11.3 Å². The maximum Gasteiger partial charge on any atom is 0.278 e. The number of carbonyl (C=O) groups excluding carboxylic acids is 1. The van der Waals surface area contributed by atoms with Crippen molar-refractivity contribution in [2.45, 2.75) is 32.4 Å². The Labute approximate surface area is 154 Å². The second kappa shape index (κ2) is 7.13. The molecule has 8 heteroatoms. The van der Waals surface area contributed by atoms with E-state index in [1.165, 1.54) is 23.5 Å². The monoisotopic (exact) mass is 374 g/mol. The summed E-state index contributed by atoms with van der Waals surface area (Å²) in [6.07, 6.45) is 3.51. The average Bonchev–Trinajstić information content (AvgIpc) is 3.37. The third kappa shape index (κ3) is 3.22. The van der Waals surface area contributed by atoms with Crippen molar-refractivity contribution in [3.05, 3.63) is 42.0 Å². The maximum atomic E-state index is 13.5. The van der Waals surface area contributed by atoms with Crippen molar-refractivity contribution >= 4 is 32.6 Å². The number of rotatable bonds is 5. The Balaban J connectivity index is 1.72. The van der Waals surface area contributed by atoms with Crippen molar-refractivity contribution < 1.29 is 13.9 Å². The van der Waals surface area contributed by atoms with Crippen molar-refractivity contribution in [1.29, 1.82) is 0 Å². The van der Waals surface area contributed by atoms with Crippen LogP contribution in [-0.2, 0) is 11.3 Å².